The number of nitrogens with one attached hydrogen (secondary N) is 1. The summed E-state index contributed by atoms with van der Waals surface area (Å²) in [6.45, 7) is 8.03. The molecule has 21 heavy (non-hydrogen) atoms. The number of likely N-dealkylation sites (N-methyl/N-ethyl adjacent to an activating group) is 1. The fourth-order valence-electron chi connectivity index (χ4n) is 2.37. The first-order valence-electron chi connectivity index (χ1n) is 7.42. The van der Waals surface area contributed by atoms with Crippen LogP contribution in [0.15, 0.2) is 18.3 Å². The number of rotatable bonds is 5. The molecule has 1 unspecified atom stereocenters. The van der Waals surface area contributed by atoms with E-state index in [2.05, 4.69) is 22.2 Å². The van der Waals surface area contributed by atoms with Gasteiger partial charge in [0.05, 0.1) is 5.41 Å². The van der Waals surface area contributed by atoms with E-state index in [1.54, 1.807) is 6.20 Å². The molecule has 116 valence electrons. The van der Waals surface area contributed by atoms with Crippen molar-refractivity contribution in [2.24, 2.45) is 5.41 Å². The summed E-state index contributed by atoms with van der Waals surface area (Å²) >= 11 is 0. The number of carbonyl (C=O) groups is 1. The molecule has 0 bridgehead atoms. The summed E-state index contributed by atoms with van der Waals surface area (Å²) in [5, 5.41) is 3.12. The van der Waals surface area contributed by atoms with Crippen LogP contribution in [0.2, 0.25) is 0 Å². The zero-order valence-corrected chi connectivity index (χ0v) is 13.3. The normalized spacial score (nSPS) is 19.5. The lowest BCUT2D eigenvalue weighted by Gasteiger charge is -2.26. The van der Waals surface area contributed by atoms with E-state index >= 15 is 0 Å². The minimum atomic E-state index is -0.578. The number of aryl methyl sites for hydroxylation is 1. The highest BCUT2D eigenvalue weighted by atomic mass is 16.5. The lowest BCUT2D eigenvalue weighted by molar-refractivity contribution is -0.131. The second-order valence-corrected chi connectivity index (χ2v) is 6.52. The van der Waals surface area contributed by atoms with E-state index in [1.807, 2.05) is 32.9 Å². The highest BCUT2D eigenvalue weighted by Crippen LogP contribution is 2.20. The van der Waals surface area contributed by atoms with Gasteiger partial charge in [0.1, 0.15) is 6.61 Å². The molecule has 2 rings (SSSR count). The first kappa shape index (κ1) is 15.8. The Balaban J connectivity index is 1.88. The largest absolute Gasteiger partial charge is 0.476 e. The van der Waals surface area contributed by atoms with E-state index in [0.717, 1.165) is 25.1 Å². The Bertz CT molecular complexity index is 502. The maximum atomic E-state index is 12.4. The molecular weight excluding hydrogens is 266 g/mol. The third-order valence-electron chi connectivity index (χ3n) is 3.87. The molecule has 2 heterocycles. The van der Waals surface area contributed by atoms with Crippen LogP contribution < -0.4 is 10.1 Å². The molecule has 1 fully saturated rings. The maximum absolute atomic E-state index is 12.4. The molecule has 1 atom stereocenters. The van der Waals surface area contributed by atoms with Crippen LogP contribution in [0.3, 0.4) is 0 Å². The first-order valence-corrected chi connectivity index (χ1v) is 7.42. The number of nitrogens with zero attached hydrogens (tertiary/aromatic N) is 2. The summed E-state index contributed by atoms with van der Waals surface area (Å²) in [4.78, 5) is 18.8. The summed E-state index contributed by atoms with van der Waals surface area (Å²) in [6.07, 6.45) is 2.71. The number of likely N-dealkylation sites (tertiary alicyclic amines) is 1. The van der Waals surface area contributed by atoms with E-state index in [4.69, 9.17) is 4.74 Å². The number of pyridine rings is 1. The van der Waals surface area contributed by atoms with Crippen LogP contribution in [-0.4, -0.2) is 48.6 Å². The summed E-state index contributed by atoms with van der Waals surface area (Å²) in [5.74, 6) is 0.635. The number of hydrogen-bond donors (Lipinski definition) is 1. The second kappa shape index (κ2) is 6.43. The lowest BCUT2D eigenvalue weighted by atomic mass is 9.93. The molecule has 1 saturated heterocycles. The van der Waals surface area contributed by atoms with Gasteiger partial charge in [0.15, 0.2) is 0 Å². The van der Waals surface area contributed by atoms with Crippen LogP contribution in [0, 0.1) is 12.3 Å². The van der Waals surface area contributed by atoms with Gasteiger partial charge in [-0.15, -0.1) is 0 Å². The molecule has 0 radical (unpaired) electrons. The van der Waals surface area contributed by atoms with Crippen LogP contribution in [0.1, 0.15) is 25.8 Å². The molecule has 1 aliphatic rings. The quantitative estimate of drug-likeness (QED) is 0.895. The number of carbonyl (C=O) groups excluding carboxylic acids is 1. The minimum Gasteiger partial charge on any atom is -0.476 e. The Hall–Kier alpha value is -1.62. The zero-order chi connectivity index (χ0) is 15.5. The van der Waals surface area contributed by atoms with Crippen molar-refractivity contribution in [3.63, 3.8) is 0 Å². The predicted octanol–water partition coefficient (Wildman–Crippen LogP) is 1.62. The van der Waals surface area contributed by atoms with Gasteiger partial charge in [-0.25, -0.2) is 4.98 Å². The molecule has 5 nitrogen and oxygen atoms in total. The number of amides is 1. The Labute approximate surface area is 126 Å². The van der Waals surface area contributed by atoms with Gasteiger partial charge in [-0.1, -0.05) is 6.07 Å². The average molecular weight is 291 g/mol. The van der Waals surface area contributed by atoms with Crippen molar-refractivity contribution in [3.05, 3.63) is 23.9 Å². The summed E-state index contributed by atoms with van der Waals surface area (Å²) in [6, 6.07) is 4.07. The maximum Gasteiger partial charge on any atom is 0.229 e. The summed E-state index contributed by atoms with van der Waals surface area (Å²) < 4.78 is 5.73. The Morgan fingerprint density at radius 1 is 1.57 bits per heavy atom. The number of ether oxygens (including phenoxy) is 1. The van der Waals surface area contributed by atoms with Crippen molar-refractivity contribution in [1.82, 2.24) is 15.2 Å². The average Bonchev–Trinajstić information content (AvgIpc) is 2.83. The van der Waals surface area contributed by atoms with E-state index in [-0.39, 0.29) is 11.9 Å². The number of hydrogen-bond acceptors (Lipinski definition) is 4. The molecule has 1 aromatic rings. The van der Waals surface area contributed by atoms with E-state index in [9.17, 15) is 4.79 Å². The van der Waals surface area contributed by atoms with Gasteiger partial charge in [-0.3, -0.25) is 4.79 Å². The van der Waals surface area contributed by atoms with Gasteiger partial charge in [0.2, 0.25) is 11.8 Å². The van der Waals surface area contributed by atoms with E-state index < -0.39 is 5.41 Å². The third-order valence-corrected chi connectivity index (χ3v) is 3.87. The molecule has 0 spiro atoms. The van der Waals surface area contributed by atoms with Crippen LogP contribution in [0.4, 0.5) is 0 Å². The smallest absolute Gasteiger partial charge is 0.229 e. The van der Waals surface area contributed by atoms with Gasteiger partial charge < -0.3 is 15.0 Å². The van der Waals surface area contributed by atoms with Crippen molar-refractivity contribution in [1.29, 1.82) is 0 Å². The van der Waals surface area contributed by atoms with Gasteiger partial charge in [0.25, 0.3) is 0 Å². The van der Waals surface area contributed by atoms with Crippen molar-refractivity contribution < 1.29 is 9.53 Å². The molecule has 1 aromatic heterocycles. The van der Waals surface area contributed by atoms with Gasteiger partial charge in [-0.05, 0) is 46.9 Å². The molecule has 0 aromatic carbocycles. The monoisotopic (exact) mass is 291 g/mol. The molecule has 0 aliphatic carbocycles. The van der Waals surface area contributed by atoms with Crippen LogP contribution in [0.5, 0.6) is 5.88 Å². The predicted molar refractivity (Wildman–Crippen MR) is 82.3 cm³/mol. The highest BCUT2D eigenvalue weighted by Gasteiger charge is 2.32. The topological polar surface area (TPSA) is 54.5 Å². The van der Waals surface area contributed by atoms with Gasteiger partial charge in [0, 0.05) is 24.3 Å². The summed E-state index contributed by atoms with van der Waals surface area (Å²) in [5.41, 5.74) is 0.400. The molecule has 0 saturated carbocycles. The Morgan fingerprint density at radius 2 is 2.33 bits per heavy atom. The van der Waals surface area contributed by atoms with Crippen molar-refractivity contribution >= 4 is 5.91 Å². The van der Waals surface area contributed by atoms with Crippen molar-refractivity contribution in [2.75, 3.05) is 26.7 Å². The van der Waals surface area contributed by atoms with Crippen molar-refractivity contribution in [2.45, 2.75) is 33.2 Å². The minimum absolute atomic E-state index is 0.0383. The lowest BCUT2D eigenvalue weighted by Crippen LogP contribution is -2.46. The first-order chi connectivity index (χ1) is 9.88. The van der Waals surface area contributed by atoms with Gasteiger partial charge >= 0.3 is 0 Å². The molecule has 5 heteroatoms. The van der Waals surface area contributed by atoms with E-state index in [0.29, 0.717) is 12.5 Å². The van der Waals surface area contributed by atoms with E-state index in [1.165, 1.54) is 0 Å². The molecular formula is C16H25N3O2. The molecule has 1 amide bonds. The summed E-state index contributed by atoms with van der Waals surface area (Å²) in [7, 11) is 2.07. The fourth-order valence-corrected chi connectivity index (χ4v) is 2.37. The zero-order valence-electron chi connectivity index (χ0n) is 13.3. The van der Waals surface area contributed by atoms with Crippen LogP contribution in [-0.2, 0) is 4.79 Å². The molecule has 1 N–H and O–H groups in total. The second-order valence-electron chi connectivity index (χ2n) is 6.52. The standard InChI is InChI=1S/C16H25N3O2/c1-12-6-5-8-17-14(12)21-11-16(2,3)15(20)18-13-7-9-19(4)10-13/h5-6,8,13H,7,9-11H2,1-4H3,(H,18,20). The molecule has 1 aliphatic heterocycles. The highest BCUT2D eigenvalue weighted by molar-refractivity contribution is 5.82. The fraction of sp³-hybridized carbons (Fsp3) is 0.625. The SMILES string of the molecule is Cc1cccnc1OCC(C)(C)C(=O)NC1CCN(C)C1. The Kier molecular flexibility index (Phi) is 4.83. The van der Waals surface area contributed by atoms with Crippen molar-refractivity contribution in [3.8, 4) is 5.88 Å². The van der Waals surface area contributed by atoms with Crippen LogP contribution >= 0.6 is 0 Å². The van der Waals surface area contributed by atoms with Gasteiger partial charge in [-0.2, -0.15) is 0 Å². The van der Waals surface area contributed by atoms with Crippen LogP contribution in [0.25, 0.3) is 0 Å². The Morgan fingerprint density at radius 3 is 2.95 bits per heavy atom. The third kappa shape index (κ3) is 4.17. The number of aromatic nitrogens is 1.